The highest BCUT2D eigenvalue weighted by molar-refractivity contribution is 5.43. The topological polar surface area (TPSA) is 30.5 Å². The molecule has 0 aliphatic carbocycles. The van der Waals surface area contributed by atoms with Gasteiger partial charge < -0.3 is 14.8 Å². The molecule has 2 aromatic carbocycles. The molecule has 3 nitrogen and oxygen atoms in total. The van der Waals surface area contributed by atoms with E-state index in [4.69, 9.17) is 9.47 Å². The standard InChI is InChI=1S/C18H23NO2/c1-4-21-18-11-16(8-9-17(18)20-3)13-19-12-15-7-5-6-14(2)10-15/h5-11,19H,4,12-13H2,1-3H3. The minimum atomic E-state index is 0.635. The third kappa shape index (κ3) is 4.50. The van der Waals surface area contributed by atoms with Crippen LogP contribution in [0.25, 0.3) is 0 Å². The van der Waals surface area contributed by atoms with E-state index in [1.165, 1.54) is 16.7 Å². The zero-order valence-electron chi connectivity index (χ0n) is 13.0. The smallest absolute Gasteiger partial charge is 0.161 e. The number of benzene rings is 2. The molecule has 2 rings (SSSR count). The predicted molar refractivity (Wildman–Crippen MR) is 85.9 cm³/mol. The SMILES string of the molecule is CCOc1cc(CNCc2cccc(C)c2)ccc1OC. The van der Waals surface area contributed by atoms with E-state index in [0.29, 0.717) is 6.61 Å². The van der Waals surface area contributed by atoms with Gasteiger partial charge in [0.25, 0.3) is 0 Å². The number of nitrogens with one attached hydrogen (secondary N) is 1. The van der Waals surface area contributed by atoms with Crippen LogP contribution in [0.2, 0.25) is 0 Å². The molecule has 21 heavy (non-hydrogen) atoms. The average molecular weight is 285 g/mol. The van der Waals surface area contributed by atoms with Gasteiger partial charge in [-0.05, 0) is 37.1 Å². The fraction of sp³-hybridized carbons (Fsp3) is 0.333. The summed E-state index contributed by atoms with van der Waals surface area (Å²) in [6, 6.07) is 14.6. The van der Waals surface area contributed by atoms with Crippen molar-refractivity contribution in [2.45, 2.75) is 26.9 Å². The molecule has 0 saturated heterocycles. The Morgan fingerprint density at radius 2 is 1.71 bits per heavy atom. The fourth-order valence-corrected chi connectivity index (χ4v) is 2.27. The van der Waals surface area contributed by atoms with Gasteiger partial charge >= 0.3 is 0 Å². The summed E-state index contributed by atoms with van der Waals surface area (Å²) in [5, 5.41) is 3.46. The van der Waals surface area contributed by atoms with Crippen molar-refractivity contribution >= 4 is 0 Å². The first-order valence-corrected chi connectivity index (χ1v) is 7.29. The van der Waals surface area contributed by atoms with Gasteiger partial charge in [0.15, 0.2) is 11.5 Å². The van der Waals surface area contributed by atoms with E-state index in [1.54, 1.807) is 7.11 Å². The zero-order valence-corrected chi connectivity index (χ0v) is 13.0. The molecular weight excluding hydrogens is 262 g/mol. The second-order valence-corrected chi connectivity index (χ2v) is 5.01. The zero-order chi connectivity index (χ0) is 15.1. The third-order valence-corrected chi connectivity index (χ3v) is 3.27. The van der Waals surface area contributed by atoms with E-state index >= 15 is 0 Å². The molecule has 0 aliphatic rings. The lowest BCUT2D eigenvalue weighted by atomic mass is 10.1. The van der Waals surface area contributed by atoms with Crippen molar-refractivity contribution < 1.29 is 9.47 Å². The van der Waals surface area contributed by atoms with Crippen LogP contribution in [0.1, 0.15) is 23.6 Å². The maximum Gasteiger partial charge on any atom is 0.161 e. The van der Waals surface area contributed by atoms with Crippen LogP contribution < -0.4 is 14.8 Å². The summed E-state index contributed by atoms with van der Waals surface area (Å²) < 4.78 is 10.9. The molecule has 0 heterocycles. The Morgan fingerprint density at radius 1 is 0.952 bits per heavy atom. The van der Waals surface area contributed by atoms with Gasteiger partial charge in [-0.1, -0.05) is 35.9 Å². The maximum atomic E-state index is 5.60. The second kappa shape index (κ2) is 7.70. The van der Waals surface area contributed by atoms with Crippen molar-refractivity contribution in [3.05, 3.63) is 59.2 Å². The predicted octanol–water partition coefficient (Wildman–Crippen LogP) is 3.69. The Labute approximate surface area is 126 Å². The first-order chi connectivity index (χ1) is 10.2. The van der Waals surface area contributed by atoms with Gasteiger partial charge in [-0.3, -0.25) is 0 Å². The van der Waals surface area contributed by atoms with Crippen molar-refractivity contribution in [3.63, 3.8) is 0 Å². The first-order valence-electron chi connectivity index (χ1n) is 7.29. The Morgan fingerprint density at radius 3 is 2.38 bits per heavy atom. The van der Waals surface area contributed by atoms with E-state index in [1.807, 2.05) is 19.1 Å². The van der Waals surface area contributed by atoms with Crippen LogP contribution in [0.5, 0.6) is 11.5 Å². The van der Waals surface area contributed by atoms with Crippen LogP contribution in [0.4, 0.5) is 0 Å². The van der Waals surface area contributed by atoms with Gasteiger partial charge in [0.05, 0.1) is 13.7 Å². The van der Waals surface area contributed by atoms with Crippen molar-refractivity contribution in [1.29, 1.82) is 0 Å². The molecule has 0 spiro atoms. The normalized spacial score (nSPS) is 10.4. The summed E-state index contributed by atoms with van der Waals surface area (Å²) >= 11 is 0. The Kier molecular flexibility index (Phi) is 5.64. The van der Waals surface area contributed by atoms with Gasteiger partial charge in [-0.25, -0.2) is 0 Å². The van der Waals surface area contributed by atoms with Crippen LogP contribution in [0.15, 0.2) is 42.5 Å². The first kappa shape index (κ1) is 15.4. The molecule has 0 aromatic heterocycles. The monoisotopic (exact) mass is 285 g/mol. The lowest BCUT2D eigenvalue weighted by Gasteiger charge is -2.12. The number of rotatable bonds is 7. The quantitative estimate of drug-likeness (QED) is 0.841. The molecule has 1 N–H and O–H groups in total. The summed E-state index contributed by atoms with van der Waals surface area (Å²) in [5.41, 5.74) is 3.78. The van der Waals surface area contributed by atoms with Crippen LogP contribution in [-0.4, -0.2) is 13.7 Å². The number of methoxy groups -OCH3 is 1. The molecule has 0 bridgehead atoms. The van der Waals surface area contributed by atoms with Crippen molar-refractivity contribution in [3.8, 4) is 11.5 Å². The molecule has 112 valence electrons. The summed E-state index contributed by atoms with van der Waals surface area (Å²) in [7, 11) is 1.66. The van der Waals surface area contributed by atoms with E-state index in [-0.39, 0.29) is 0 Å². The highest BCUT2D eigenvalue weighted by Gasteiger charge is 2.05. The lowest BCUT2D eigenvalue weighted by molar-refractivity contribution is 0.310. The summed E-state index contributed by atoms with van der Waals surface area (Å²) in [6.45, 7) is 6.38. The minimum Gasteiger partial charge on any atom is -0.493 e. The van der Waals surface area contributed by atoms with E-state index in [2.05, 4.69) is 42.6 Å². The average Bonchev–Trinajstić information content (AvgIpc) is 2.48. The summed E-state index contributed by atoms with van der Waals surface area (Å²) in [6.07, 6.45) is 0. The van der Waals surface area contributed by atoms with Crippen LogP contribution in [0.3, 0.4) is 0 Å². The second-order valence-electron chi connectivity index (χ2n) is 5.01. The van der Waals surface area contributed by atoms with E-state index < -0.39 is 0 Å². The molecule has 0 amide bonds. The molecular formula is C18H23NO2. The van der Waals surface area contributed by atoms with Gasteiger partial charge in [-0.2, -0.15) is 0 Å². The number of aryl methyl sites for hydroxylation is 1. The van der Waals surface area contributed by atoms with Gasteiger partial charge in [-0.15, -0.1) is 0 Å². The highest BCUT2D eigenvalue weighted by Crippen LogP contribution is 2.27. The summed E-state index contributed by atoms with van der Waals surface area (Å²) in [4.78, 5) is 0. The third-order valence-electron chi connectivity index (χ3n) is 3.27. The molecule has 0 aliphatic heterocycles. The maximum absolute atomic E-state index is 5.60. The van der Waals surface area contributed by atoms with E-state index in [0.717, 1.165) is 24.6 Å². The largest absolute Gasteiger partial charge is 0.493 e. The van der Waals surface area contributed by atoms with Crippen molar-refractivity contribution in [2.24, 2.45) is 0 Å². The fourth-order valence-electron chi connectivity index (χ4n) is 2.27. The molecule has 0 unspecified atom stereocenters. The molecule has 0 fully saturated rings. The van der Waals surface area contributed by atoms with E-state index in [9.17, 15) is 0 Å². The molecule has 3 heteroatoms. The van der Waals surface area contributed by atoms with Crippen LogP contribution in [-0.2, 0) is 13.1 Å². The molecule has 0 saturated carbocycles. The number of hydrogen-bond donors (Lipinski definition) is 1. The summed E-state index contributed by atoms with van der Waals surface area (Å²) in [5.74, 6) is 1.58. The van der Waals surface area contributed by atoms with Crippen LogP contribution in [0, 0.1) is 6.92 Å². The highest BCUT2D eigenvalue weighted by atomic mass is 16.5. The van der Waals surface area contributed by atoms with Crippen molar-refractivity contribution in [2.75, 3.05) is 13.7 Å². The Bertz CT molecular complexity index is 581. The Hall–Kier alpha value is -2.00. The van der Waals surface area contributed by atoms with Gasteiger partial charge in [0.1, 0.15) is 0 Å². The molecule has 2 aromatic rings. The van der Waals surface area contributed by atoms with Gasteiger partial charge in [0.2, 0.25) is 0 Å². The van der Waals surface area contributed by atoms with Crippen LogP contribution >= 0.6 is 0 Å². The number of ether oxygens (including phenoxy) is 2. The van der Waals surface area contributed by atoms with Crippen molar-refractivity contribution in [1.82, 2.24) is 5.32 Å². The molecule has 0 atom stereocenters. The van der Waals surface area contributed by atoms with Gasteiger partial charge in [0, 0.05) is 13.1 Å². The number of hydrogen-bond acceptors (Lipinski definition) is 3. The lowest BCUT2D eigenvalue weighted by Crippen LogP contribution is -2.12. The molecule has 0 radical (unpaired) electrons. The minimum absolute atomic E-state index is 0.635. The Balaban J connectivity index is 1.95.